The first-order valence-corrected chi connectivity index (χ1v) is 4.88. The van der Waals surface area contributed by atoms with Gasteiger partial charge in [-0.15, -0.1) is 0 Å². The normalized spacial score (nSPS) is 53.8. The van der Waals surface area contributed by atoms with E-state index in [2.05, 4.69) is 0 Å². The molecule has 4 atom stereocenters. The molecule has 0 aromatic heterocycles. The maximum atomic E-state index is 13.6. The van der Waals surface area contributed by atoms with Crippen LogP contribution in [-0.4, -0.2) is 23.2 Å². The molecule has 2 nitrogen and oxygen atoms in total. The minimum Gasteiger partial charge on any atom is -0.366 e. The summed E-state index contributed by atoms with van der Waals surface area (Å²) in [5.41, 5.74) is -0.509. The van der Waals surface area contributed by atoms with E-state index < -0.39 is 12.5 Å². The van der Waals surface area contributed by atoms with Crippen LogP contribution in [0.15, 0.2) is 0 Å². The first kappa shape index (κ1) is 9.41. The molecule has 0 aromatic carbocycles. The van der Waals surface area contributed by atoms with Crippen LogP contribution in [0.25, 0.3) is 0 Å². The van der Waals surface area contributed by atoms with Crippen LogP contribution in [0.4, 0.5) is 4.39 Å². The molecule has 2 rings (SSSR count). The highest BCUT2D eigenvalue weighted by atomic mass is 19.1. The lowest BCUT2D eigenvalue weighted by Crippen LogP contribution is -2.55. The Balaban J connectivity index is 2.36. The Morgan fingerprint density at radius 2 is 2.00 bits per heavy atom. The highest BCUT2D eigenvalue weighted by Gasteiger charge is 2.61. The molecule has 0 amide bonds. The Bertz CT molecular complexity index is 226. The molecule has 13 heavy (non-hydrogen) atoms. The van der Waals surface area contributed by atoms with Gasteiger partial charge in [0.1, 0.15) is 0 Å². The van der Waals surface area contributed by atoms with E-state index in [1.165, 1.54) is 0 Å². The molecule has 2 fully saturated rings. The van der Waals surface area contributed by atoms with E-state index >= 15 is 0 Å². The van der Waals surface area contributed by atoms with Crippen molar-refractivity contribution in [2.24, 2.45) is 11.3 Å². The summed E-state index contributed by atoms with van der Waals surface area (Å²) in [6.07, 6.45) is -0.764. The first-order valence-electron chi connectivity index (χ1n) is 4.88. The Morgan fingerprint density at radius 1 is 1.38 bits per heavy atom. The van der Waals surface area contributed by atoms with Gasteiger partial charge in [-0.2, -0.15) is 0 Å². The van der Waals surface area contributed by atoms with Crippen LogP contribution in [0.3, 0.4) is 0 Å². The average molecular weight is 188 g/mol. The molecule has 76 valence electrons. The summed E-state index contributed by atoms with van der Waals surface area (Å²) in [6, 6.07) is 0. The number of hydrogen-bond acceptors (Lipinski definition) is 2. The van der Waals surface area contributed by atoms with Crippen molar-refractivity contribution in [3.63, 3.8) is 0 Å². The molecular weight excluding hydrogens is 171 g/mol. The molecule has 2 bridgehead atoms. The molecule has 3 heteroatoms. The number of hydrogen-bond donors (Lipinski definition) is 1. The predicted molar refractivity (Wildman–Crippen MR) is 46.9 cm³/mol. The average Bonchev–Trinajstić information content (AvgIpc) is 2.13. The number of aliphatic hydroxyl groups is 1. The summed E-state index contributed by atoms with van der Waals surface area (Å²) in [7, 11) is 0. The minimum absolute atomic E-state index is 0.0544. The van der Waals surface area contributed by atoms with Crippen LogP contribution < -0.4 is 0 Å². The summed E-state index contributed by atoms with van der Waals surface area (Å²) < 4.78 is 18.9. The van der Waals surface area contributed by atoms with Gasteiger partial charge in [-0.05, 0) is 25.2 Å². The third-order valence-electron chi connectivity index (χ3n) is 4.26. The zero-order chi connectivity index (χ0) is 9.85. The molecule has 1 aliphatic carbocycles. The third kappa shape index (κ3) is 1.00. The summed E-state index contributed by atoms with van der Waals surface area (Å²) in [5.74, 6) is -0.0544. The van der Waals surface area contributed by atoms with E-state index in [9.17, 15) is 9.50 Å². The van der Waals surface area contributed by atoms with Gasteiger partial charge >= 0.3 is 0 Å². The van der Waals surface area contributed by atoms with E-state index in [1.807, 2.05) is 20.8 Å². The van der Waals surface area contributed by atoms with Crippen LogP contribution in [0.1, 0.15) is 33.6 Å². The number of rotatable bonds is 0. The van der Waals surface area contributed by atoms with Crippen molar-refractivity contribution < 1.29 is 14.2 Å². The van der Waals surface area contributed by atoms with Crippen molar-refractivity contribution >= 4 is 0 Å². The van der Waals surface area contributed by atoms with Gasteiger partial charge in [0.05, 0.1) is 5.60 Å². The standard InChI is InChI=1S/C10H17FO2/c1-9(2)6-4-5-10(9,3)13-8(12)7(6)11/h6-8,12H,4-5H2,1-3H3/t6-,7-,8?,10-/m1/s1. The summed E-state index contributed by atoms with van der Waals surface area (Å²) in [5, 5.41) is 9.36. The molecule has 1 aliphatic heterocycles. The first-order chi connectivity index (χ1) is 5.88. The smallest absolute Gasteiger partial charge is 0.187 e. The topological polar surface area (TPSA) is 29.5 Å². The maximum Gasteiger partial charge on any atom is 0.187 e. The predicted octanol–water partition coefficient (Wildman–Crippen LogP) is 1.87. The highest BCUT2D eigenvalue weighted by Crippen LogP contribution is 2.58. The minimum atomic E-state index is -1.22. The van der Waals surface area contributed by atoms with Crippen molar-refractivity contribution in [3.05, 3.63) is 0 Å². The molecule has 1 N–H and O–H groups in total. The number of aliphatic hydroxyl groups excluding tert-OH is 1. The SMILES string of the molecule is CC1(C)[C@@H]2CC[C@@]1(C)OC(O)[C@@H]2F. The Hall–Kier alpha value is -0.150. The van der Waals surface area contributed by atoms with Crippen molar-refractivity contribution in [1.82, 2.24) is 0 Å². The van der Waals surface area contributed by atoms with E-state index in [4.69, 9.17) is 4.74 Å². The fourth-order valence-corrected chi connectivity index (χ4v) is 2.80. The fourth-order valence-electron chi connectivity index (χ4n) is 2.80. The summed E-state index contributed by atoms with van der Waals surface area (Å²) >= 11 is 0. The highest BCUT2D eigenvalue weighted by molar-refractivity contribution is 5.08. The van der Waals surface area contributed by atoms with Gasteiger partial charge < -0.3 is 9.84 Å². The molecule has 1 saturated carbocycles. The van der Waals surface area contributed by atoms with Crippen molar-refractivity contribution in [2.45, 2.75) is 51.7 Å². The quantitative estimate of drug-likeness (QED) is 0.628. The molecule has 2 aliphatic rings. The molecular formula is C10H17FO2. The van der Waals surface area contributed by atoms with Crippen molar-refractivity contribution in [1.29, 1.82) is 0 Å². The van der Waals surface area contributed by atoms with Crippen LogP contribution >= 0.6 is 0 Å². The molecule has 0 aromatic rings. The van der Waals surface area contributed by atoms with E-state index in [-0.39, 0.29) is 16.9 Å². The third-order valence-corrected chi connectivity index (χ3v) is 4.26. The Morgan fingerprint density at radius 3 is 2.62 bits per heavy atom. The molecule has 0 radical (unpaired) electrons. The van der Waals surface area contributed by atoms with Gasteiger partial charge in [0.15, 0.2) is 12.5 Å². The zero-order valence-electron chi connectivity index (χ0n) is 8.38. The van der Waals surface area contributed by atoms with Gasteiger partial charge in [0, 0.05) is 5.92 Å². The lowest BCUT2D eigenvalue weighted by atomic mass is 9.69. The summed E-state index contributed by atoms with van der Waals surface area (Å²) in [4.78, 5) is 0. The van der Waals surface area contributed by atoms with Gasteiger partial charge in [-0.25, -0.2) is 4.39 Å². The molecule has 1 unspecified atom stereocenters. The van der Waals surface area contributed by atoms with Gasteiger partial charge in [0.25, 0.3) is 0 Å². The lowest BCUT2D eigenvalue weighted by Gasteiger charge is -2.48. The van der Waals surface area contributed by atoms with Gasteiger partial charge in [-0.1, -0.05) is 13.8 Å². The number of ether oxygens (including phenoxy) is 1. The maximum absolute atomic E-state index is 13.6. The second kappa shape index (κ2) is 2.45. The largest absolute Gasteiger partial charge is 0.366 e. The van der Waals surface area contributed by atoms with Gasteiger partial charge in [-0.3, -0.25) is 0 Å². The fraction of sp³-hybridized carbons (Fsp3) is 1.00. The number of fused-ring (bicyclic) bond motifs is 2. The van der Waals surface area contributed by atoms with Crippen LogP contribution in [0.2, 0.25) is 0 Å². The van der Waals surface area contributed by atoms with Crippen LogP contribution in [-0.2, 0) is 4.74 Å². The Labute approximate surface area is 78.1 Å². The van der Waals surface area contributed by atoms with E-state index in [0.717, 1.165) is 12.8 Å². The molecule has 1 heterocycles. The van der Waals surface area contributed by atoms with E-state index in [0.29, 0.717) is 0 Å². The van der Waals surface area contributed by atoms with E-state index in [1.54, 1.807) is 0 Å². The number of alkyl halides is 1. The number of halogens is 1. The monoisotopic (exact) mass is 188 g/mol. The molecule has 1 saturated heterocycles. The summed E-state index contributed by atoms with van der Waals surface area (Å²) in [6.45, 7) is 6.04. The second-order valence-corrected chi connectivity index (χ2v) is 5.05. The van der Waals surface area contributed by atoms with Crippen LogP contribution in [0.5, 0.6) is 0 Å². The van der Waals surface area contributed by atoms with Crippen molar-refractivity contribution in [3.8, 4) is 0 Å². The van der Waals surface area contributed by atoms with Crippen molar-refractivity contribution in [2.75, 3.05) is 0 Å². The zero-order valence-corrected chi connectivity index (χ0v) is 8.38. The van der Waals surface area contributed by atoms with Gasteiger partial charge in [0.2, 0.25) is 0 Å². The lowest BCUT2D eigenvalue weighted by molar-refractivity contribution is -0.277. The second-order valence-electron chi connectivity index (χ2n) is 5.05. The Kier molecular flexibility index (Phi) is 1.77. The molecule has 0 spiro atoms. The van der Waals surface area contributed by atoms with Crippen LogP contribution in [0, 0.1) is 11.3 Å².